The average Bonchev–Trinajstić information content (AvgIpc) is 2.36. The van der Waals surface area contributed by atoms with Crippen LogP contribution in [0.25, 0.3) is 0 Å². The Morgan fingerprint density at radius 2 is 2.00 bits per heavy atom. The van der Waals surface area contributed by atoms with E-state index in [4.69, 9.17) is 28.6 Å². The van der Waals surface area contributed by atoms with E-state index >= 15 is 0 Å². The number of thiocarbonyl (C=S) groups is 1. The van der Waals surface area contributed by atoms with Crippen LogP contribution in [0.5, 0.6) is 5.75 Å². The molecule has 1 rings (SSSR count). The fourth-order valence-corrected chi connectivity index (χ4v) is 2.93. The van der Waals surface area contributed by atoms with E-state index in [0.717, 1.165) is 11.3 Å². The SMILES string of the molecule is C=C(Cl)CN(C(=S)S)C(c1ccccc1OC)C(C)(C)C. The Balaban J connectivity index is 3.40. The zero-order valence-corrected chi connectivity index (χ0v) is 15.4. The normalized spacial score (nSPS) is 12.7. The lowest BCUT2D eigenvalue weighted by Crippen LogP contribution is -2.39. The Bertz CT molecular complexity index is 525. The molecule has 0 radical (unpaired) electrons. The molecule has 1 aromatic carbocycles. The van der Waals surface area contributed by atoms with E-state index < -0.39 is 0 Å². The van der Waals surface area contributed by atoms with Gasteiger partial charge in [0.15, 0.2) is 0 Å². The molecule has 0 saturated carbocycles. The van der Waals surface area contributed by atoms with Crippen LogP contribution in [0.4, 0.5) is 0 Å². The number of benzene rings is 1. The van der Waals surface area contributed by atoms with E-state index in [1.165, 1.54) is 0 Å². The first-order chi connectivity index (χ1) is 9.68. The first-order valence-corrected chi connectivity index (χ1v) is 7.87. The number of nitrogens with zero attached hydrogens (tertiary/aromatic N) is 1. The molecule has 0 aliphatic carbocycles. The summed E-state index contributed by atoms with van der Waals surface area (Å²) in [5, 5.41) is 0.524. The lowest BCUT2D eigenvalue weighted by atomic mass is 9.81. The van der Waals surface area contributed by atoms with Gasteiger partial charge in [0.1, 0.15) is 10.1 Å². The Morgan fingerprint density at radius 1 is 1.43 bits per heavy atom. The van der Waals surface area contributed by atoms with E-state index in [2.05, 4.69) is 40.0 Å². The van der Waals surface area contributed by atoms with Crippen LogP contribution in [0.15, 0.2) is 35.9 Å². The standard InChI is InChI=1S/C16H22ClNOS2/c1-11(17)10-18(15(20)21)14(16(2,3)4)12-8-6-7-9-13(12)19-5/h6-9,14H,1,10H2,2-5H3,(H,20,21). The van der Waals surface area contributed by atoms with Crippen molar-refractivity contribution >= 4 is 40.8 Å². The molecule has 1 atom stereocenters. The third-order valence-electron chi connectivity index (χ3n) is 3.15. The number of methoxy groups -OCH3 is 1. The van der Waals surface area contributed by atoms with Crippen LogP contribution < -0.4 is 4.74 Å². The highest BCUT2D eigenvalue weighted by molar-refractivity contribution is 8.10. The first-order valence-electron chi connectivity index (χ1n) is 6.64. The van der Waals surface area contributed by atoms with Gasteiger partial charge in [0.2, 0.25) is 0 Å². The third kappa shape index (κ3) is 4.90. The Labute approximate surface area is 143 Å². The number of halogens is 1. The number of hydrogen-bond acceptors (Lipinski definition) is 2. The Morgan fingerprint density at radius 3 is 2.43 bits per heavy atom. The highest BCUT2D eigenvalue weighted by atomic mass is 35.5. The first kappa shape index (κ1) is 18.3. The second-order valence-electron chi connectivity index (χ2n) is 5.94. The minimum Gasteiger partial charge on any atom is -0.496 e. The van der Waals surface area contributed by atoms with E-state index in [0.29, 0.717) is 15.9 Å². The van der Waals surface area contributed by atoms with E-state index in [1.54, 1.807) is 7.11 Å². The molecule has 0 N–H and O–H groups in total. The van der Waals surface area contributed by atoms with Crippen molar-refractivity contribution in [3.8, 4) is 5.75 Å². The highest BCUT2D eigenvalue weighted by Crippen LogP contribution is 2.42. The van der Waals surface area contributed by atoms with Gasteiger partial charge >= 0.3 is 0 Å². The Kier molecular flexibility index (Phi) is 6.57. The molecule has 1 unspecified atom stereocenters. The summed E-state index contributed by atoms with van der Waals surface area (Å²) in [6.07, 6.45) is 0. The number of thiol groups is 1. The maximum Gasteiger partial charge on any atom is 0.134 e. The van der Waals surface area contributed by atoms with Gasteiger partial charge in [-0.25, -0.2) is 0 Å². The van der Waals surface area contributed by atoms with Crippen molar-refractivity contribution in [1.82, 2.24) is 4.90 Å². The molecule has 0 aliphatic rings. The second kappa shape index (κ2) is 7.52. The molecule has 1 aromatic rings. The monoisotopic (exact) mass is 343 g/mol. The van der Waals surface area contributed by atoms with Gasteiger partial charge in [0.05, 0.1) is 19.7 Å². The van der Waals surface area contributed by atoms with E-state index in [-0.39, 0.29) is 11.5 Å². The summed E-state index contributed by atoms with van der Waals surface area (Å²) in [5.41, 5.74) is 0.968. The molecule has 0 saturated heterocycles. The van der Waals surface area contributed by atoms with Gasteiger partial charge in [-0.3, -0.25) is 0 Å². The van der Waals surface area contributed by atoms with Gasteiger partial charge in [-0.2, -0.15) is 0 Å². The van der Waals surface area contributed by atoms with Crippen molar-refractivity contribution in [3.63, 3.8) is 0 Å². The number of para-hydroxylation sites is 1. The van der Waals surface area contributed by atoms with Crippen LogP contribution >= 0.6 is 36.4 Å². The highest BCUT2D eigenvalue weighted by Gasteiger charge is 2.34. The minimum absolute atomic E-state index is 0.0193. The summed E-state index contributed by atoms with van der Waals surface area (Å²) < 4.78 is 5.99. The van der Waals surface area contributed by atoms with Crippen molar-refractivity contribution in [2.45, 2.75) is 26.8 Å². The van der Waals surface area contributed by atoms with Crippen LogP contribution in [0, 0.1) is 5.41 Å². The summed E-state index contributed by atoms with van der Waals surface area (Å²) in [5.74, 6) is 0.826. The van der Waals surface area contributed by atoms with Gasteiger partial charge in [-0.15, -0.1) is 12.6 Å². The summed E-state index contributed by atoms with van der Waals surface area (Å²) in [6, 6.07) is 7.92. The van der Waals surface area contributed by atoms with E-state index in [9.17, 15) is 0 Å². The zero-order valence-electron chi connectivity index (χ0n) is 12.9. The van der Waals surface area contributed by atoms with Gasteiger partial charge in [0, 0.05) is 10.6 Å². The minimum atomic E-state index is -0.0895. The van der Waals surface area contributed by atoms with Crippen LogP contribution in [0.3, 0.4) is 0 Å². The van der Waals surface area contributed by atoms with Crippen LogP contribution in [-0.4, -0.2) is 22.9 Å². The lowest BCUT2D eigenvalue weighted by Gasteiger charge is -2.41. The van der Waals surface area contributed by atoms with Crippen LogP contribution in [0.2, 0.25) is 0 Å². The largest absolute Gasteiger partial charge is 0.496 e. The maximum atomic E-state index is 6.01. The molecule has 0 aromatic heterocycles. The second-order valence-corrected chi connectivity index (χ2v) is 7.59. The molecule has 5 heteroatoms. The average molecular weight is 344 g/mol. The molecule has 116 valence electrons. The molecular formula is C16H22ClNOS2. The van der Waals surface area contributed by atoms with Crippen molar-refractivity contribution < 1.29 is 4.74 Å². The van der Waals surface area contributed by atoms with Crippen LogP contribution in [0.1, 0.15) is 32.4 Å². The molecule has 0 spiro atoms. The van der Waals surface area contributed by atoms with E-state index in [1.807, 2.05) is 29.2 Å². The summed E-state index contributed by atoms with van der Waals surface area (Å²) in [6.45, 7) is 10.7. The molecule has 0 bridgehead atoms. The molecule has 0 aliphatic heterocycles. The molecular weight excluding hydrogens is 322 g/mol. The van der Waals surface area contributed by atoms with Crippen molar-refractivity contribution in [2.24, 2.45) is 5.41 Å². The van der Waals surface area contributed by atoms with Gasteiger partial charge in [-0.05, 0) is 11.5 Å². The van der Waals surface area contributed by atoms with Crippen molar-refractivity contribution in [1.29, 1.82) is 0 Å². The third-order valence-corrected chi connectivity index (χ3v) is 3.76. The summed E-state index contributed by atoms with van der Waals surface area (Å²) >= 11 is 15.7. The predicted molar refractivity (Wildman–Crippen MR) is 98.5 cm³/mol. The smallest absolute Gasteiger partial charge is 0.134 e. The molecule has 21 heavy (non-hydrogen) atoms. The predicted octanol–water partition coefficient (Wildman–Crippen LogP) is 5.05. The Hall–Kier alpha value is -0.710. The maximum absolute atomic E-state index is 6.01. The number of ether oxygens (including phenoxy) is 1. The molecule has 0 fully saturated rings. The topological polar surface area (TPSA) is 12.5 Å². The van der Waals surface area contributed by atoms with Gasteiger partial charge in [0.25, 0.3) is 0 Å². The molecule has 0 amide bonds. The molecule has 0 heterocycles. The van der Waals surface area contributed by atoms with Gasteiger partial charge < -0.3 is 9.64 Å². The molecule has 2 nitrogen and oxygen atoms in total. The summed E-state index contributed by atoms with van der Waals surface area (Å²) in [4.78, 5) is 1.98. The lowest BCUT2D eigenvalue weighted by molar-refractivity contribution is 0.179. The quantitative estimate of drug-likeness (QED) is 0.593. The fourth-order valence-electron chi connectivity index (χ4n) is 2.45. The number of rotatable bonds is 5. The fraction of sp³-hybridized carbons (Fsp3) is 0.438. The summed E-state index contributed by atoms with van der Waals surface area (Å²) in [7, 11) is 1.67. The van der Waals surface area contributed by atoms with Gasteiger partial charge in [-0.1, -0.05) is 69.4 Å². The van der Waals surface area contributed by atoms with Crippen LogP contribution in [-0.2, 0) is 0 Å². The van der Waals surface area contributed by atoms with Crippen molar-refractivity contribution in [3.05, 3.63) is 41.4 Å². The van der Waals surface area contributed by atoms with Crippen molar-refractivity contribution in [2.75, 3.05) is 13.7 Å². The zero-order chi connectivity index (χ0) is 16.2. The number of hydrogen-bond donors (Lipinski definition) is 1.